The third-order valence-electron chi connectivity index (χ3n) is 9.52. The molecule has 2 bridgehead atoms. The van der Waals surface area contributed by atoms with Gasteiger partial charge in [0.05, 0.1) is 6.04 Å². The summed E-state index contributed by atoms with van der Waals surface area (Å²) in [5.74, 6) is 0.806. The van der Waals surface area contributed by atoms with Crippen molar-refractivity contribution in [3.63, 3.8) is 0 Å². The molecule has 2 saturated carbocycles. The third-order valence-corrected chi connectivity index (χ3v) is 12.0. The molecule has 0 spiro atoms. The molecule has 3 aliphatic carbocycles. The minimum atomic E-state index is -0.612. The lowest BCUT2D eigenvalue weighted by atomic mass is 9.70. The van der Waals surface area contributed by atoms with Crippen molar-refractivity contribution in [3.05, 3.63) is 90.0 Å². The number of hydrogen-bond donors (Lipinski definition) is 0. The molecule has 174 valence electrons. The van der Waals surface area contributed by atoms with Crippen molar-refractivity contribution in [2.45, 2.75) is 65.3 Å². The van der Waals surface area contributed by atoms with E-state index in [1.54, 1.807) is 5.56 Å². The van der Waals surface area contributed by atoms with Crippen LogP contribution in [0.25, 0.3) is 0 Å². The van der Waals surface area contributed by atoms with Crippen molar-refractivity contribution in [2.24, 2.45) is 21.7 Å². The van der Waals surface area contributed by atoms with Gasteiger partial charge in [0.15, 0.2) is 0 Å². The smallest absolute Gasteiger partial charge is 0.0757 e. The lowest BCUT2D eigenvalue weighted by Crippen LogP contribution is -2.33. The van der Waals surface area contributed by atoms with Crippen LogP contribution in [0.5, 0.6) is 0 Å². The molecule has 2 fully saturated rings. The molecule has 0 aliphatic heterocycles. The lowest BCUT2D eigenvalue weighted by molar-refractivity contribution is 0.193. The normalized spacial score (nSPS) is 28.4. The number of hydrogen-bond acceptors (Lipinski definition) is 1. The van der Waals surface area contributed by atoms with Gasteiger partial charge >= 0.3 is 0 Å². The Balaban J connectivity index is 1.49. The van der Waals surface area contributed by atoms with E-state index in [2.05, 4.69) is 99.6 Å². The number of aryl methyl sites for hydroxylation is 1. The molecule has 0 heterocycles. The first-order valence-corrected chi connectivity index (χ1v) is 14.4. The summed E-state index contributed by atoms with van der Waals surface area (Å²) in [7, 11) is -0.612. The Morgan fingerprint density at radius 2 is 1.47 bits per heavy atom. The van der Waals surface area contributed by atoms with Crippen molar-refractivity contribution >= 4 is 29.5 Å². The van der Waals surface area contributed by atoms with Gasteiger partial charge < -0.3 is 0 Å². The fraction of sp³-hybridized carbons (Fsp3) is 0.406. The summed E-state index contributed by atoms with van der Waals surface area (Å²) in [4.78, 5) is 5.68. The molecule has 3 aromatic carbocycles. The van der Waals surface area contributed by atoms with Gasteiger partial charge in [0.1, 0.15) is 0 Å². The van der Waals surface area contributed by atoms with Crippen LogP contribution >= 0.6 is 7.92 Å². The zero-order valence-electron chi connectivity index (χ0n) is 20.8. The Hall–Kier alpha value is -2.24. The van der Waals surface area contributed by atoms with Gasteiger partial charge in [0, 0.05) is 11.1 Å². The summed E-state index contributed by atoms with van der Waals surface area (Å²) in [6, 6.07) is 29.7. The summed E-state index contributed by atoms with van der Waals surface area (Å²) in [6.45, 7) is 7.50. The minimum Gasteiger partial charge on any atom is -0.285 e. The summed E-state index contributed by atoms with van der Waals surface area (Å²) in [5, 5.41) is 4.38. The van der Waals surface area contributed by atoms with Crippen LogP contribution in [0.15, 0.2) is 83.9 Å². The van der Waals surface area contributed by atoms with Crippen LogP contribution in [0.3, 0.4) is 0 Å². The van der Waals surface area contributed by atoms with Crippen LogP contribution in [0.4, 0.5) is 0 Å². The molecule has 0 amide bonds. The van der Waals surface area contributed by atoms with Crippen LogP contribution in [-0.4, -0.2) is 5.71 Å². The highest BCUT2D eigenvalue weighted by molar-refractivity contribution is 7.79. The maximum atomic E-state index is 5.68. The van der Waals surface area contributed by atoms with Gasteiger partial charge in [-0.3, -0.25) is 4.99 Å². The highest BCUT2D eigenvalue weighted by Gasteiger charge is 2.59. The van der Waals surface area contributed by atoms with Gasteiger partial charge in [-0.2, -0.15) is 0 Å². The SMILES string of the molecule is CC12CCC(CC1=N[C@@H]1CCCc3cccc(P(c4ccccc4)c4ccccc4)c31)C2(C)C. The first-order valence-electron chi connectivity index (χ1n) is 13.1. The van der Waals surface area contributed by atoms with Gasteiger partial charge in [0.2, 0.25) is 0 Å². The van der Waals surface area contributed by atoms with E-state index in [1.165, 1.54) is 65.7 Å². The summed E-state index contributed by atoms with van der Waals surface area (Å²) in [5.41, 5.74) is 5.25. The average molecular weight is 466 g/mol. The number of rotatable bonds is 4. The molecule has 0 aromatic heterocycles. The maximum Gasteiger partial charge on any atom is 0.0757 e. The Bertz CT molecular complexity index is 1170. The molecule has 0 radical (unpaired) electrons. The van der Waals surface area contributed by atoms with Crippen molar-refractivity contribution in [1.82, 2.24) is 0 Å². The summed E-state index contributed by atoms with van der Waals surface area (Å²) in [6.07, 6.45) is 7.51. The molecule has 3 aromatic rings. The molecule has 0 saturated heterocycles. The standard InChI is InChI=1S/C32H36NP/c1-31(2)24-20-21-32(31,3)29(22-24)33-27-18-10-12-23-13-11-19-28(30(23)27)34(25-14-6-4-7-15-25)26-16-8-5-9-17-26/h4-9,11,13-17,19,24,27H,10,12,18,20-22H2,1-3H3/t24?,27-,32?/m1/s1. The molecule has 34 heavy (non-hydrogen) atoms. The fourth-order valence-electron chi connectivity index (χ4n) is 7.05. The predicted octanol–water partition coefficient (Wildman–Crippen LogP) is 7.11. The summed E-state index contributed by atoms with van der Waals surface area (Å²) >= 11 is 0. The first-order chi connectivity index (χ1) is 16.5. The van der Waals surface area contributed by atoms with Gasteiger partial charge in [-0.1, -0.05) is 99.6 Å². The Labute approximate surface area is 206 Å². The fourth-order valence-corrected chi connectivity index (χ4v) is 9.61. The molecule has 1 nitrogen and oxygen atoms in total. The van der Waals surface area contributed by atoms with E-state index < -0.39 is 7.92 Å². The Kier molecular flexibility index (Phi) is 5.53. The number of benzene rings is 3. The average Bonchev–Trinajstić information content (AvgIpc) is 3.19. The quantitative estimate of drug-likeness (QED) is 0.364. The van der Waals surface area contributed by atoms with Crippen LogP contribution < -0.4 is 15.9 Å². The van der Waals surface area contributed by atoms with Crippen LogP contribution in [0, 0.1) is 16.7 Å². The van der Waals surface area contributed by atoms with Gasteiger partial charge in [-0.05, 0) is 84.8 Å². The molecule has 2 heteroatoms. The molecule has 0 N–H and O–H groups in total. The second kappa shape index (κ2) is 8.46. The second-order valence-corrected chi connectivity index (χ2v) is 13.5. The molecule has 2 unspecified atom stereocenters. The number of fused-ring (bicyclic) bond motifs is 3. The van der Waals surface area contributed by atoms with Crippen LogP contribution in [-0.2, 0) is 6.42 Å². The van der Waals surface area contributed by atoms with E-state index in [1.807, 2.05) is 0 Å². The van der Waals surface area contributed by atoms with E-state index in [0.717, 1.165) is 5.92 Å². The van der Waals surface area contributed by atoms with Crippen molar-refractivity contribution in [2.75, 3.05) is 0 Å². The molecular formula is C32H36NP. The number of nitrogens with zero attached hydrogens (tertiary/aromatic N) is 1. The van der Waals surface area contributed by atoms with Gasteiger partial charge in [0.25, 0.3) is 0 Å². The molecule has 6 rings (SSSR count). The molecular weight excluding hydrogens is 429 g/mol. The lowest BCUT2D eigenvalue weighted by Gasteiger charge is -2.36. The Morgan fingerprint density at radius 3 is 2.06 bits per heavy atom. The Morgan fingerprint density at radius 1 is 0.794 bits per heavy atom. The molecule has 3 aliphatic rings. The van der Waals surface area contributed by atoms with E-state index in [0.29, 0.717) is 11.5 Å². The van der Waals surface area contributed by atoms with Crippen molar-refractivity contribution < 1.29 is 0 Å². The van der Waals surface area contributed by atoms with Gasteiger partial charge in [-0.15, -0.1) is 0 Å². The van der Waals surface area contributed by atoms with Gasteiger partial charge in [-0.25, -0.2) is 0 Å². The second-order valence-electron chi connectivity index (χ2n) is 11.3. The monoisotopic (exact) mass is 465 g/mol. The maximum absolute atomic E-state index is 5.68. The van der Waals surface area contributed by atoms with E-state index in [4.69, 9.17) is 4.99 Å². The largest absolute Gasteiger partial charge is 0.285 e. The third kappa shape index (κ3) is 3.43. The van der Waals surface area contributed by atoms with Crippen LogP contribution in [0.1, 0.15) is 70.0 Å². The summed E-state index contributed by atoms with van der Waals surface area (Å²) < 4.78 is 0. The zero-order chi connectivity index (χ0) is 23.3. The van der Waals surface area contributed by atoms with E-state index in [9.17, 15) is 0 Å². The van der Waals surface area contributed by atoms with E-state index in [-0.39, 0.29) is 5.41 Å². The first kappa shape index (κ1) is 22.2. The minimum absolute atomic E-state index is 0.272. The zero-order valence-corrected chi connectivity index (χ0v) is 21.7. The topological polar surface area (TPSA) is 12.4 Å². The van der Waals surface area contributed by atoms with E-state index >= 15 is 0 Å². The highest BCUT2D eigenvalue weighted by atomic mass is 31.1. The predicted molar refractivity (Wildman–Crippen MR) is 147 cm³/mol. The van der Waals surface area contributed by atoms with Crippen molar-refractivity contribution in [1.29, 1.82) is 0 Å². The van der Waals surface area contributed by atoms with Crippen LogP contribution in [0.2, 0.25) is 0 Å². The number of aliphatic imine (C=N–C) groups is 1. The molecule has 3 atom stereocenters. The highest BCUT2D eigenvalue weighted by Crippen LogP contribution is 2.64. The van der Waals surface area contributed by atoms with Crippen molar-refractivity contribution in [3.8, 4) is 0 Å².